The van der Waals surface area contributed by atoms with Crippen molar-refractivity contribution in [2.75, 3.05) is 12.3 Å². The first-order chi connectivity index (χ1) is 9.65. The van der Waals surface area contributed by atoms with E-state index in [2.05, 4.69) is 15.5 Å². The van der Waals surface area contributed by atoms with Crippen LogP contribution in [0.25, 0.3) is 0 Å². The lowest BCUT2D eigenvalue weighted by Crippen LogP contribution is -2.27. The Hall–Kier alpha value is -1.53. The molecule has 1 N–H and O–H groups in total. The Kier molecular flexibility index (Phi) is 5.43. The van der Waals surface area contributed by atoms with Gasteiger partial charge in [-0.3, -0.25) is 4.79 Å². The van der Waals surface area contributed by atoms with E-state index in [1.54, 1.807) is 10.9 Å². The van der Waals surface area contributed by atoms with Crippen LogP contribution in [0, 0.1) is 0 Å². The zero-order valence-electron chi connectivity index (χ0n) is 11.0. The van der Waals surface area contributed by atoms with Gasteiger partial charge >= 0.3 is 0 Å². The fraction of sp³-hybridized carbons (Fsp3) is 0.308. The van der Waals surface area contributed by atoms with Crippen molar-refractivity contribution in [2.24, 2.45) is 7.05 Å². The predicted molar refractivity (Wildman–Crippen MR) is 79.9 cm³/mol. The smallest absolute Gasteiger partial charge is 0.230 e. The van der Waals surface area contributed by atoms with Crippen molar-refractivity contribution in [2.45, 2.75) is 11.6 Å². The van der Waals surface area contributed by atoms with Crippen molar-refractivity contribution in [1.29, 1.82) is 0 Å². The molecule has 0 radical (unpaired) electrons. The Morgan fingerprint density at radius 2 is 2.15 bits per heavy atom. The van der Waals surface area contributed by atoms with E-state index in [-0.39, 0.29) is 5.91 Å². The number of carbonyl (C=O) groups excluding carboxylic acids is 1. The van der Waals surface area contributed by atoms with Gasteiger partial charge < -0.3 is 9.88 Å². The van der Waals surface area contributed by atoms with E-state index >= 15 is 0 Å². The van der Waals surface area contributed by atoms with E-state index in [1.165, 1.54) is 11.8 Å². The highest BCUT2D eigenvalue weighted by atomic mass is 35.5. The number of amides is 1. The molecule has 2 rings (SSSR count). The summed E-state index contributed by atoms with van der Waals surface area (Å²) in [5.74, 6) is 0.333. The van der Waals surface area contributed by atoms with Crippen LogP contribution in [-0.2, 0) is 18.3 Å². The first-order valence-corrected chi connectivity index (χ1v) is 7.49. The van der Waals surface area contributed by atoms with Crippen LogP contribution in [0.4, 0.5) is 0 Å². The van der Waals surface area contributed by atoms with Gasteiger partial charge in [0.05, 0.1) is 5.75 Å². The van der Waals surface area contributed by atoms with Crippen molar-refractivity contribution < 1.29 is 4.79 Å². The van der Waals surface area contributed by atoms with Gasteiger partial charge in [-0.25, -0.2) is 0 Å². The van der Waals surface area contributed by atoms with Gasteiger partial charge in [0.2, 0.25) is 5.91 Å². The number of nitrogens with one attached hydrogen (secondary N) is 1. The third kappa shape index (κ3) is 4.54. The van der Waals surface area contributed by atoms with Crippen LogP contribution in [0.5, 0.6) is 0 Å². The maximum atomic E-state index is 11.7. The van der Waals surface area contributed by atoms with Crippen LogP contribution in [0.3, 0.4) is 0 Å². The molecule has 1 amide bonds. The van der Waals surface area contributed by atoms with E-state index in [9.17, 15) is 4.79 Å². The molecule has 0 fully saturated rings. The van der Waals surface area contributed by atoms with Crippen LogP contribution < -0.4 is 5.32 Å². The summed E-state index contributed by atoms with van der Waals surface area (Å²) < 4.78 is 1.78. The van der Waals surface area contributed by atoms with Gasteiger partial charge in [0.15, 0.2) is 5.16 Å². The van der Waals surface area contributed by atoms with E-state index in [0.717, 1.165) is 22.2 Å². The van der Waals surface area contributed by atoms with Gasteiger partial charge in [0.25, 0.3) is 0 Å². The van der Waals surface area contributed by atoms with Crippen molar-refractivity contribution >= 4 is 29.3 Å². The molecule has 106 valence electrons. The Labute approximate surface area is 126 Å². The van der Waals surface area contributed by atoms with Crippen LogP contribution >= 0.6 is 23.4 Å². The van der Waals surface area contributed by atoms with Gasteiger partial charge in [-0.1, -0.05) is 35.5 Å². The number of carbonyl (C=O) groups is 1. The summed E-state index contributed by atoms with van der Waals surface area (Å²) in [5, 5.41) is 12.0. The standard InChI is InChI=1S/C13H15ClN4OS/c1-18-9-16-17-13(18)20-8-12(19)15-7-6-10-2-4-11(14)5-3-10/h2-5,9H,6-8H2,1H3,(H,15,19). The van der Waals surface area contributed by atoms with E-state index in [1.807, 2.05) is 31.3 Å². The molecule has 1 aromatic carbocycles. The van der Waals surface area contributed by atoms with Crippen LogP contribution in [0.1, 0.15) is 5.56 Å². The molecule has 0 saturated heterocycles. The van der Waals surface area contributed by atoms with Gasteiger partial charge in [0, 0.05) is 18.6 Å². The third-order valence-corrected chi connectivity index (χ3v) is 3.94. The minimum atomic E-state index is -0.00744. The molecule has 20 heavy (non-hydrogen) atoms. The lowest BCUT2D eigenvalue weighted by atomic mass is 10.1. The molecule has 0 saturated carbocycles. The van der Waals surface area contributed by atoms with E-state index < -0.39 is 0 Å². The highest BCUT2D eigenvalue weighted by Gasteiger charge is 2.06. The normalized spacial score (nSPS) is 10.5. The van der Waals surface area contributed by atoms with Gasteiger partial charge in [-0.15, -0.1) is 10.2 Å². The zero-order valence-corrected chi connectivity index (χ0v) is 12.6. The molecule has 0 atom stereocenters. The molecule has 0 bridgehead atoms. The van der Waals surface area contributed by atoms with Crippen molar-refractivity contribution in [3.63, 3.8) is 0 Å². The molecule has 0 unspecified atom stereocenters. The summed E-state index contributed by atoms with van der Waals surface area (Å²) in [4.78, 5) is 11.7. The number of rotatable bonds is 6. The van der Waals surface area contributed by atoms with Crippen molar-refractivity contribution in [3.8, 4) is 0 Å². The first kappa shape index (κ1) is 14.9. The number of aromatic nitrogens is 3. The Morgan fingerprint density at radius 1 is 1.40 bits per heavy atom. The molecule has 0 spiro atoms. The Balaban J connectivity index is 1.68. The Morgan fingerprint density at radius 3 is 2.80 bits per heavy atom. The SMILES string of the molecule is Cn1cnnc1SCC(=O)NCCc1ccc(Cl)cc1. The minimum absolute atomic E-state index is 0.00744. The molecule has 2 aromatic rings. The van der Waals surface area contributed by atoms with Crippen molar-refractivity contribution in [1.82, 2.24) is 20.1 Å². The lowest BCUT2D eigenvalue weighted by molar-refractivity contribution is -0.118. The summed E-state index contributed by atoms with van der Waals surface area (Å²) in [7, 11) is 1.85. The largest absolute Gasteiger partial charge is 0.355 e. The lowest BCUT2D eigenvalue weighted by Gasteiger charge is -2.05. The van der Waals surface area contributed by atoms with Crippen LogP contribution in [0.15, 0.2) is 35.7 Å². The summed E-state index contributed by atoms with van der Waals surface area (Å²) in [5.41, 5.74) is 1.15. The maximum absolute atomic E-state index is 11.7. The zero-order chi connectivity index (χ0) is 14.4. The van der Waals surface area contributed by atoms with Crippen LogP contribution in [-0.4, -0.2) is 33.0 Å². The molecule has 0 aliphatic heterocycles. The second-order valence-corrected chi connectivity index (χ2v) is 5.62. The quantitative estimate of drug-likeness (QED) is 0.828. The molecule has 5 nitrogen and oxygen atoms in total. The van der Waals surface area contributed by atoms with Crippen LogP contribution in [0.2, 0.25) is 5.02 Å². The topological polar surface area (TPSA) is 59.8 Å². The van der Waals surface area contributed by atoms with Gasteiger partial charge in [-0.2, -0.15) is 0 Å². The second-order valence-electron chi connectivity index (χ2n) is 4.24. The first-order valence-electron chi connectivity index (χ1n) is 6.13. The number of thioether (sulfide) groups is 1. The summed E-state index contributed by atoms with van der Waals surface area (Å²) >= 11 is 7.18. The predicted octanol–water partition coefficient (Wildman–Crippen LogP) is 1.92. The highest BCUT2D eigenvalue weighted by molar-refractivity contribution is 7.99. The number of benzene rings is 1. The third-order valence-electron chi connectivity index (χ3n) is 2.65. The number of hydrogen-bond donors (Lipinski definition) is 1. The fourth-order valence-electron chi connectivity index (χ4n) is 1.58. The van der Waals surface area contributed by atoms with Crippen molar-refractivity contribution in [3.05, 3.63) is 41.2 Å². The fourth-order valence-corrected chi connectivity index (χ4v) is 2.43. The van der Waals surface area contributed by atoms with Gasteiger partial charge in [0.1, 0.15) is 6.33 Å². The maximum Gasteiger partial charge on any atom is 0.230 e. The monoisotopic (exact) mass is 310 g/mol. The molecular formula is C13H15ClN4OS. The molecule has 7 heteroatoms. The number of nitrogens with zero attached hydrogens (tertiary/aromatic N) is 3. The number of aryl methyl sites for hydroxylation is 1. The minimum Gasteiger partial charge on any atom is -0.355 e. The molecule has 1 heterocycles. The molecular weight excluding hydrogens is 296 g/mol. The average Bonchev–Trinajstić information content (AvgIpc) is 2.84. The highest BCUT2D eigenvalue weighted by Crippen LogP contribution is 2.12. The molecule has 0 aliphatic rings. The van der Waals surface area contributed by atoms with E-state index in [0.29, 0.717) is 12.3 Å². The summed E-state index contributed by atoms with van der Waals surface area (Å²) in [6, 6.07) is 7.62. The Bertz CT molecular complexity index is 570. The summed E-state index contributed by atoms with van der Waals surface area (Å²) in [6.45, 7) is 0.611. The summed E-state index contributed by atoms with van der Waals surface area (Å²) in [6.07, 6.45) is 2.40. The van der Waals surface area contributed by atoms with Gasteiger partial charge in [-0.05, 0) is 24.1 Å². The molecule has 0 aliphatic carbocycles. The van der Waals surface area contributed by atoms with E-state index in [4.69, 9.17) is 11.6 Å². The number of halogens is 1. The number of hydrogen-bond acceptors (Lipinski definition) is 4. The second kappa shape index (κ2) is 7.31. The molecule has 1 aromatic heterocycles. The average molecular weight is 311 g/mol.